The maximum absolute atomic E-state index is 12.5. The van der Waals surface area contributed by atoms with E-state index in [9.17, 15) is 18.0 Å². The number of halogens is 3. The molecule has 0 aliphatic carbocycles. The molecule has 32 heavy (non-hydrogen) atoms. The highest BCUT2D eigenvalue weighted by molar-refractivity contribution is 5.81. The van der Waals surface area contributed by atoms with Gasteiger partial charge < -0.3 is 24.6 Å². The number of nitrogens with one attached hydrogen (secondary N) is 1. The van der Waals surface area contributed by atoms with Gasteiger partial charge in [0.05, 0.1) is 6.10 Å². The number of nitrogens with zero attached hydrogens (tertiary/aromatic N) is 1. The molecule has 3 atom stereocenters. The maximum atomic E-state index is 12.5. The number of fused-ring (bicyclic) bond motifs is 1. The third-order valence-corrected chi connectivity index (χ3v) is 6.73. The number of aliphatic carboxylic acids is 1. The molecule has 8 nitrogen and oxygen atoms in total. The predicted molar refractivity (Wildman–Crippen MR) is 107 cm³/mol. The van der Waals surface area contributed by atoms with E-state index in [1.165, 1.54) is 0 Å². The molecule has 4 rings (SSSR count). The van der Waals surface area contributed by atoms with Gasteiger partial charge in [-0.2, -0.15) is 13.2 Å². The number of alkyl halides is 3. The highest BCUT2D eigenvalue weighted by Gasteiger charge is 2.43. The summed E-state index contributed by atoms with van der Waals surface area (Å²) in [7, 11) is 0. The Kier molecular flexibility index (Phi) is 9.15. The van der Waals surface area contributed by atoms with E-state index >= 15 is 0 Å². The lowest BCUT2D eigenvalue weighted by molar-refractivity contribution is -0.192. The summed E-state index contributed by atoms with van der Waals surface area (Å²) in [5.74, 6) is -1.55. The molecule has 0 bridgehead atoms. The fraction of sp³-hybridized carbons (Fsp3) is 0.905. The SMILES string of the molecule is O=C(NCC1CCOCC1)[C@H]1C[C@@H]2CCN(C3CCOCC3)C[C@@H]2O1.O=C(O)C(F)(F)F. The van der Waals surface area contributed by atoms with Crippen LogP contribution in [0.5, 0.6) is 0 Å². The predicted octanol–water partition coefficient (Wildman–Crippen LogP) is 1.82. The van der Waals surface area contributed by atoms with Crippen molar-refractivity contribution in [3.8, 4) is 0 Å². The van der Waals surface area contributed by atoms with Crippen LogP contribution in [-0.2, 0) is 23.8 Å². The first-order valence-electron chi connectivity index (χ1n) is 11.4. The highest BCUT2D eigenvalue weighted by atomic mass is 19.4. The van der Waals surface area contributed by atoms with E-state index in [0.29, 0.717) is 17.9 Å². The summed E-state index contributed by atoms with van der Waals surface area (Å²) in [6.07, 6.45) is 1.32. The van der Waals surface area contributed by atoms with Crippen LogP contribution >= 0.6 is 0 Å². The van der Waals surface area contributed by atoms with Gasteiger partial charge in [0, 0.05) is 45.6 Å². The van der Waals surface area contributed by atoms with E-state index in [2.05, 4.69) is 10.2 Å². The number of rotatable bonds is 4. The third-order valence-electron chi connectivity index (χ3n) is 6.73. The summed E-state index contributed by atoms with van der Waals surface area (Å²) in [5.41, 5.74) is 0. The van der Waals surface area contributed by atoms with Crippen molar-refractivity contribution >= 4 is 11.9 Å². The third kappa shape index (κ3) is 7.29. The quantitative estimate of drug-likeness (QED) is 0.652. The van der Waals surface area contributed by atoms with Crippen LogP contribution in [-0.4, -0.2) is 92.4 Å². The summed E-state index contributed by atoms with van der Waals surface area (Å²) < 4.78 is 48.8. The molecular formula is C21H33F3N2O6. The van der Waals surface area contributed by atoms with E-state index in [0.717, 1.165) is 84.6 Å². The minimum atomic E-state index is -5.08. The molecule has 0 aromatic carbocycles. The molecule has 0 spiro atoms. The molecule has 0 unspecified atom stereocenters. The fourth-order valence-electron chi connectivity index (χ4n) is 4.81. The van der Waals surface area contributed by atoms with Gasteiger partial charge in [-0.25, -0.2) is 4.79 Å². The number of carboxylic acids is 1. The largest absolute Gasteiger partial charge is 0.490 e. The molecule has 11 heteroatoms. The molecule has 0 radical (unpaired) electrons. The number of amides is 1. The Balaban J connectivity index is 0.000000360. The van der Waals surface area contributed by atoms with Gasteiger partial charge in [-0.05, 0) is 56.9 Å². The number of hydrogen-bond donors (Lipinski definition) is 2. The van der Waals surface area contributed by atoms with Crippen LogP contribution < -0.4 is 5.32 Å². The molecule has 0 aromatic heterocycles. The summed E-state index contributed by atoms with van der Waals surface area (Å²) >= 11 is 0. The summed E-state index contributed by atoms with van der Waals surface area (Å²) in [6, 6.07) is 0.639. The standard InChI is InChI=1S/C19H32N2O4.C2HF3O2/c22-19(20-12-14-2-7-23-8-3-14)17-11-15-1-6-21(13-18(15)25-17)16-4-9-24-10-5-16;3-2(4,5)1(6)7/h14-18H,1-13H2,(H,20,22);(H,6,7)/t15-,17+,18-;/m0./s1. The number of carboxylic acid groups (broad SMARTS) is 1. The van der Waals surface area contributed by atoms with Crippen LogP contribution in [0.4, 0.5) is 13.2 Å². The molecule has 0 saturated carbocycles. The first-order chi connectivity index (χ1) is 15.2. The van der Waals surface area contributed by atoms with Gasteiger partial charge in [-0.1, -0.05) is 0 Å². The lowest BCUT2D eigenvalue weighted by Crippen LogP contribution is -2.49. The van der Waals surface area contributed by atoms with Crippen molar-refractivity contribution in [1.82, 2.24) is 10.2 Å². The Labute approximate surface area is 185 Å². The Morgan fingerprint density at radius 2 is 1.59 bits per heavy atom. The van der Waals surface area contributed by atoms with Crippen molar-refractivity contribution in [3.05, 3.63) is 0 Å². The fourth-order valence-corrected chi connectivity index (χ4v) is 4.81. The Morgan fingerprint density at radius 3 is 2.19 bits per heavy atom. The van der Waals surface area contributed by atoms with Gasteiger partial charge in [0.1, 0.15) is 6.10 Å². The number of likely N-dealkylation sites (tertiary alicyclic amines) is 1. The summed E-state index contributed by atoms with van der Waals surface area (Å²) in [5, 5.41) is 10.3. The van der Waals surface area contributed by atoms with Gasteiger partial charge in [0.2, 0.25) is 5.91 Å². The first-order valence-corrected chi connectivity index (χ1v) is 11.4. The zero-order valence-corrected chi connectivity index (χ0v) is 18.1. The lowest BCUT2D eigenvalue weighted by Gasteiger charge is -2.40. The normalized spacial score (nSPS) is 30.2. The maximum Gasteiger partial charge on any atom is 0.490 e. The van der Waals surface area contributed by atoms with E-state index in [1.54, 1.807) is 0 Å². The Hall–Kier alpha value is -1.43. The van der Waals surface area contributed by atoms with Crippen molar-refractivity contribution < 1.29 is 42.1 Å². The van der Waals surface area contributed by atoms with Crippen molar-refractivity contribution in [2.75, 3.05) is 46.1 Å². The Bertz CT molecular complexity index is 623. The second kappa shape index (κ2) is 11.6. The number of ether oxygens (including phenoxy) is 3. The van der Waals surface area contributed by atoms with Gasteiger partial charge in [-0.15, -0.1) is 0 Å². The van der Waals surface area contributed by atoms with E-state index in [4.69, 9.17) is 24.1 Å². The van der Waals surface area contributed by atoms with Gasteiger partial charge in [0.15, 0.2) is 0 Å². The minimum Gasteiger partial charge on any atom is -0.475 e. The van der Waals surface area contributed by atoms with Gasteiger partial charge in [-0.3, -0.25) is 9.69 Å². The van der Waals surface area contributed by atoms with E-state index in [1.807, 2.05) is 0 Å². The number of hydrogen-bond acceptors (Lipinski definition) is 6. The lowest BCUT2D eigenvalue weighted by atomic mass is 9.90. The number of piperidine rings is 1. The van der Waals surface area contributed by atoms with Crippen LogP contribution in [0.25, 0.3) is 0 Å². The van der Waals surface area contributed by atoms with Crippen LogP contribution in [0.15, 0.2) is 0 Å². The summed E-state index contributed by atoms with van der Waals surface area (Å²) in [6.45, 7) is 6.32. The van der Waals surface area contributed by atoms with Crippen molar-refractivity contribution in [3.63, 3.8) is 0 Å². The number of carbonyl (C=O) groups excluding carboxylic acids is 1. The smallest absolute Gasteiger partial charge is 0.475 e. The monoisotopic (exact) mass is 466 g/mol. The van der Waals surface area contributed by atoms with E-state index < -0.39 is 12.1 Å². The molecule has 1 amide bonds. The van der Waals surface area contributed by atoms with Gasteiger partial charge in [0.25, 0.3) is 0 Å². The molecular weight excluding hydrogens is 433 g/mol. The molecule has 4 saturated heterocycles. The topological polar surface area (TPSA) is 97.3 Å². The zero-order chi connectivity index (χ0) is 23.1. The molecule has 184 valence electrons. The van der Waals surface area contributed by atoms with Crippen LogP contribution in [0.2, 0.25) is 0 Å². The van der Waals surface area contributed by atoms with Crippen molar-refractivity contribution in [2.24, 2.45) is 11.8 Å². The molecule has 0 aromatic rings. The molecule has 2 N–H and O–H groups in total. The first kappa shape index (κ1) is 25.2. The van der Waals surface area contributed by atoms with Crippen LogP contribution in [0, 0.1) is 11.8 Å². The minimum absolute atomic E-state index is 0.0958. The van der Waals surface area contributed by atoms with Crippen molar-refractivity contribution in [1.29, 1.82) is 0 Å². The molecule has 4 heterocycles. The molecule has 4 aliphatic rings. The van der Waals surface area contributed by atoms with Gasteiger partial charge >= 0.3 is 12.1 Å². The Morgan fingerprint density at radius 1 is 1.00 bits per heavy atom. The zero-order valence-electron chi connectivity index (χ0n) is 18.1. The number of carbonyl (C=O) groups is 2. The average Bonchev–Trinajstić information content (AvgIpc) is 3.22. The molecule has 4 aliphatic heterocycles. The van der Waals surface area contributed by atoms with Crippen LogP contribution in [0.1, 0.15) is 38.5 Å². The highest BCUT2D eigenvalue weighted by Crippen LogP contribution is 2.35. The van der Waals surface area contributed by atoms with Crippen LogP contribution in [0.3, 0.4) is 0 Å². The second-order valence-electron chi connectivity index (χ2n) is 8.89. The van der Waals surface area contributed by atoms with E-state index in [-0.39, 0.29) is 18.1 Å². The van der Waals surface area contributed by atoms with Crippen molar-refractivity contribution in [2.45, 2.75) is 63.0 Å². The molecule has 4 fully saturated rings. The summed E-state index contributed by atoms with van der Waals surface area (Å²) in [4.78, 5) is 24.0. The average molecular weight is 466 g/mol. The second-order valence-corrected chi connectivity index (χ2v) is 8.89.